The summed E-state index contributed by atoms with van der Waals surface area (Å²) in [6.07, 6.45) is 0. The molecule has 0 amide bonds. The zero-order chi connectivity index (χ0) is 9.54. The molecule has 1 aromatic rings. The van der Waals surface area contributed by atoms with Crippen molar-refractivity contribution >= 4 is 0 Å². The second-order valence-corrected chi connectivity index (χ2v) is 3.78. The van der Waals surface area contributed by atoms with Crippen molar-refractivity contribution in [3.63, 3.8) is 0 Å². The number of hydrogen-bond donors (Lipinski definition) is 0. The second kappa shape index (κ2) is 2.89. The minimum Gasteiger partial charge on any atom is -0.454 e. The molecular formula is C11H13NO2. The number of rotatable bonds is 1. The van der Waals surface area contributed by atoms with E-state index in [1.165, 1.54) is 11.1 Å². The number of benzene rings is 1. The van der Waals surface area contributed by atoms with Gasteiger partial charge in [0.1, 0.15) is 0 Å². The van der Waals surface area contributed by atoms with Crippen LogP contribution in [0.1, 0.15) is 18.1 Å². The average molecular weight is 191 g/mol. The Bertz CT molecular complexity index is 343. The van der Waals surface area contributed by atoms with Crippen LogP contribution >= 0.6 is 0 Å². The van der Waals surface area contributed by atoms with Gasteiger partial charge in [0.15, 0.2) is 11.5 Å². The molecule has 14 heavy (non-hydrogen) atoms. The molecule has 2 heterocycles. The average Bonchev–Trinajstić information content (AvgIpc) is 2.77. The maximum Gasteiger partial charge on any atom is 0.231 e. The third kappa shape index (κ3) is 1.09. The Morgan fingerprint density at radius 1 is 1.14 bits per heavy atom. The number of ether oxygens (including phenoxy) is 2. The Hall–Kier alpha value is -1.22. The van der Waals surface area contributed by atoms with Crippen molar-refractivity contribution < 1.29 is 9.47 Å². The summed E-state index contributed by atoms with van der Waals surface area (Å²) in [6.45, 7) is 5.74. The zero-order valence-electron chi connectivity index (χ0n) is 8.25. The number of nitrogens with zero attached hydrogens (tertiary/aromatic N) is 1. The van der Waals surface area contributed by atoms with Gasteiger partial charge in [-0.05, 0) is 29.8 Å². The van der Waals surface area contributed by atoms with E-state index in [9.17, 15) is 0 Å². The van der Waals surface area contributed by atoms with E-state index < -0.39 is 0 Å². The normalized spacial score (nSPS) is 18.6. The highest BCUT2D eigenvalue weighted by Crippen LogP contribution is 2.37. The molecule has 2 aliphatic heterocycles. The summed E-state index contributed by atoms with van der Waals surface area (Å²) in [4.78, 5) is 2.40. The van der Waals surface area contributed by atoms with Gasteiger partial charge in [-0.15, -0.1) is 0 Å². The molecule has 0 atom stereocenters. The molecule has 0 bridgehead atoms. The molecule has 3 nitrogen and oxygen atoms in total. The van der Waals surface area contributed by atoms with Crippen LogP contribution in [-0.2, 0) is 13.1 Å². The summed E-state index contributed by atoms with van der Waals surface area (Å²) in [7, 11) is 0. The molecular weight excluding hydrogens is 178 g/mol. The van der Waals surface area contributed by atoms with Crippen LogP contribution in [0.3, 0.4) is 0 Å². The molecule has 0 unspecified atom stereocenters. The van der Waals surface area contributed by atoms with Crippen molar-refractivity contribution in [3.8, 4) is 11.5 Å². The Morgan fingerprint density at radius 2 is 1.71 bits per heavy atom. The second-order valence-electron chi connectivity index (χ2n) is 3.78. The first-order chi connectivity index (χ1) is 6.86. The SMILES string of the molecule is CCN1Cc2cc3c(cc2C1)OCO3. The summed E-state index contributed by atoms with van der Waals surface area (Å²) < 4.78 is 10.7. The topological polar surface area (TPSA) is 21.7 Å². The van der Waals surface area contributed by atoms with Crippen molar-refractivity contribution in [2.45, 2.75) is 20.0 Å². The summed E-state index contributed by atoms with van der Waals surface area (Å²) in [5.41, 5.74) is 2.77. The minimum absolute atomic E-state index is 0.371. The van der Waals surface area contributed by atoms with E-state index in [2.05, 4.69) is 24.0 Å². The summed E-state index contributed by atoms with van der Waals surface area (Å²) in [6, 6.07) is 4.24. The Kier molecular flexibility index (Phi) is 1.67. The third-order valence-corrected chi connectivity index (χ3v) is 2.93. The Morgan fingerprint density at radius 3 is 2.21 bits per heavy atom. The van der Waals surface area contributed by atoms with Crippen LogP contribution in [0.25, 0.3) is 0 Å². The summed E-state index contributed by atoms with van der Waals surface area (Å²) in [5.74, 6) is 1.81. The van der Waals surface area contributed by atoms with Gasteiger partial charge >= 0.3 is 0 Å². The monoisotopic (exact) mass is 191 g/mol. The van der Waals surface area contributed by atoms with Crippen LogP contribution in [0.15, 0.2) is 12.1 Å². The van der Waals surface area contributed by atoms with E-state index in [4.69, 9.17) is 9.47 Å². The molecule has 3 heteroatoms. The lowest BCUT2D eigenvalue weighted by atomic mass is 10.1. The lowest BCUT2D eigenvalue weighted by molar-refractivity contribution is 0.173. The van der Waals surface area contributed by atoms with E-state index >= 15 is 0 Å². The van der Waals surface area contributed by atoms with Gasteiger partial charge in [0.2, 0.25) is 6.79 Å². The van der Waals surface area contributed by atoms with E-state index in [1.807, 2.05) is 0 Å². The predicted molar refractivity (Wildman–Crippen MR) is 52.4 cm³/mol. The van der Waals surface area contributed by atoms with E-state index in [-0.39, 0.29) is 0 Å². The van der Waals surface area contributed by atoms with Crippen molar-refractivity contribution in [2.75, 3.05) is 13.3 Å². The van der Waals surface area contributed by atoms with Crippen molar-refractivity contribution in [1.29, 1.82) is 0 Å². The van der Waals surface area contributed by atoms with Crippen LogP contribution in [0.5, 0.6) is 11.5 Å². The fourth-order valence-corrected chi connectivity index (χ4v) is 2.08. The lowest BCUT2D eigenvalue weighted by Gasteiger charge is -2.09. The molecule has 0 N–H and O–H groups in total. The van der Waals surface area contributed by atoms with Crippen molar-refractivity contribution in [2.24, 2.45) is 0 Å². The maximum atomic E-state index is 5.35. The highest BCUT2D eigenvalue weighted by atomic mass is 16.7. The fourth-order valence-electron chi connectivity index (χ4n) is 2.08. The molecule has 0 aliphatic carbocycles. The quantitative estimate of drug-likeness (QED) is 0.675. The van der Waals surface area contributed by atoms with Gasteiger partial charge in [0, 0.05) is 13.1 Å². The van der Waals surface area contributed by atoms with Crippen LogP contribution in [-0.4, -0.2) is 18.2 Å². The van der Waals surface area contributed by atoms with Gasteiger partial charge in [-0.2, -0.15) is 0 Å². The fraction of sp³-hybridized carbons (Fsp3) is 0.455. The van der Waals surface area contributed by atoms with E-state index in [0.717, 1.165) is 31.1 Å². The first-order valence-corrected chi connectivity index (χ1v) is 5.00. The highest BCUT2D eigenvalue weighted by molar-refractivity contribution is 5.49. The van der Waals surface area contributed by atoms with E-state index in [1.54, 1.807) is 0 Å². The molecule has 0 spiro atoms. The summed E-state index contributed by atoms with van der Waals surface area (Å²) >= 11 is 0. The first-order valence-electron chi connectivity index (χ1n) is 5.00. The molecule has 0 radical (unpaired) electrons. The zero-order valence-corrected chi connectivity index (χ0v) is 8.25. The number of hydrogen-bond acceptors (Lipinski definition) is 3. The van der Waals surface area contributed by atoms with Crippen LogP contribution in [0.2, 0.25) is 0 Å². The van der Waals surface area contributed by atoms with Gasteiger partial charge in [-0.1, -0.05) is 6.92 Å². The third-order valence-electron chi connectivity index (χ3n) is 2.93. The highest BCUT2D eigenvalue weighted by Gasteiger charge is 2.23. The first kappa shape index (κ1) is 8.12. The van der Waals surface area contributed by atoms with Crippen molar-refractivity contribution in [3.05, 3.63) is 23.3 Å². The largest absolute Gasteiger partial charge is 0.454 e. The maximum absolute atomic E-state index is 5.35. The lowest BCUT2D eigenvalue weighted by Crippen LogP contribution is -2.14. The standard InChI is InChI=1S/C11H13NO2/c1-2-12-5-8-3-10-11(14-7-13-10)4-9(8)6-12/h3-4H,2,5-7H2,1H3. The van der Waals surface area contributed by atoms with Gasteiger partial charge < -0.3 is 9.47 Å². The molecule has 2 aliphatic rings. The van der Waals surface area contributed by atoms with Crippen molar-refractivity contribution in [1.82, 2.24) is 4.90 Å². The van der Waals surface area contributed by atoms with Crippen LogP contribution in [0, 0.1) is 0 Å². The van der Waals surface area contributed by atoms with E-state index in [0.29, 0.717) is 6.79 Å². The minimum atomic E-state index is 0.371. The molecule has 74 valence electrons. The molecule has 1 aromatic carbocycles. The van der Waals surface area contributed by atoms with Gasteiger partial charge in [0.25, 0.3) is 0 Å². The molecule has 0 saturated carbocycles. The summed E-state index contributed by atoms with van der Waals surface area (Å²) in [5, 5.41) is 0. The molecule has 0 aromatic heterocycles. The Balaban J connectivity index is 2.00. The Labute approximate surface area is 83.2 Å². The van der Waals surface area contributed by atoms with Gasteiger partial charge in [-0.25, -0.2) is 0 Å². The smallest absolute Gasteiger partial charge is 0.231 e. The van der Waals surface area contributed by atoms with Crippen LogP contribution in [0.4, 0.5) is 0 Å². The molecule has 0 fully saturated rings. The predicted octanol–water partition coefficient (Wildman–Crippen LogP) is 1.75. The van der Waals surface area contributed by atoms with Gasteiger partial charge in [-0.3, -0.25) is 4.90 Å². The number of fused-ring (bicyclic) bond motifs is 2. The molecule has 0 saturated heterocycles. The van der Waals surface area contributed by atoms with Crippen LogP contribution < -0.4 is 9.47 Å². The molecule has 3 rings (SSSR count). The van der Waals surface area contributed by atoms with Gasteiger partial charge in [0.05, 0.1) is 0 Å².